The Labute approximate surface area is 179 Å². The van der Waals surface area contributed by atoms with Crippen molar-refractivity contribution in [2.24, 2.45) is 0 Å². The van der Waals surface area contributed by atoms with Crippen LogP contribution in [0, 0.1) is 6.92 Å². The normalized spacial score (nSPS) is 10.7. The Morgan fingerprint density at radius 2 is 1.44 bits per heavy atom. The molecular weight excluding hydrogens is 420 g/mol. The molecular formula is C22H15Cl4N. The quantitative estimate of drug-likeness (QED) is 0.309. The molecule has 0 bridgehead atoms. The molecule has 0 radical (unpaired) electrons. The SMILES string of the molecule is Cc1c(-c2ccc(Cl)cc2Cl)nc2ccc(Cl)cc2c1-c1ccccc1.Cl. The van der Waals surface area contributed by atoms with E-state index < -0.39 is 0 Å². The summed E-state index contributed by atoms with van der Waals surface area (Å²) < 4.78 is 0. The predicted octanol–water partition coefficient (Wildman–Crippen LogP) is 8.26. The molecule has 27 heavy (non-hydrogen) atoms. The lowest BCUT2D eigenvalue weighted by atomic mass is 9.93. The van der Waals surface area contributed by atoms with Gasteiger partial charge in [-0.1, -0.05) is 65.1 Å². The average Bonchev–Trinajstić information content (AvgIpc) is 2.62. The van der Waals surface area contributed by atoms with Gasteiger partial charge in [-0.15, -0.1) is 12.4 Å². The van der Waals surface area contributed by atoms with E-state index >= 15 is 0 Å². The third-order valence-electron chi connectivity index (χ3n) is 4.44. The second-order valence-electron chi connectivity index (χ2n) is 6.11. The summed E-state index contributed by atoms with van der Waals surface area (Å²) >= 11 is 18.8. The zero-order valence-electron chi connectivity index (χ0n) is 14.3. The van der Waals surface area contributed by atoms with Crippen molar-refractivity contribution in [3.05, 3.63) is 87.4 Å². The topological polar surface area (TPSA) is 12.9 Å². The maximum absolute atomic E-state index is 6.47. The molecule has 136 valence electrons. The molecule has 0 fully saturated rings. The lowest BCUT2D eigenvalue weighted by Gasteiger charge is -2.16. The lowest BCUT2D eigenvalue weighted by molar-refractivity contribution is 1.33. The molecule has 0 unspecified atom stereocenters. The smallest absolute Gasteiger partial charge is 0.0760 e. The van der Waals surface area contributed by atoms with Crippen LogP contribution in [0.4, 0.5) is 0 Å². The van der Waals surface area contributed by atoms with Gasteiger partial charge >= 0.3 is 0 Å². The van der Waals surface area contributed by atoms with Gasteiger partial charge in [-0.25, -0.2) is 4.98 Å². The molecule has 3 aromatic carbocycles. The Morgan fingerprint density at radius 1 is 0.778 bits per heavy atom. The van der Waals surface area contributed by atoms with Crippen molar-refractivity contribution in [3.8, 4) is 22.4 Å². The monoisotopic (exact) mass is 433 g/mol. The maximum Gasteiger partial charge on any atom is 0.0760 e. The first-order chi connectivity index (χ1) is 12.5. The van der Waals surface area contributed by atoms with Gasteiger partial charge in [0.25, 0.3) is 0 Å². The van der Waals surface area contributed by atoms with Gasteiger partial charge in [0.05, 0.1) is 16.2 Å². The number of aromatic nitrogens is 1. The van der Waals surface area contributed by atoms with Gasteiger partial charge in [0.2, 0.25) is 0 Å². The lowest BCUT2D eigenvalue weighted by Crippen LogP contribution is -1.96. The van der Waals surface area contributed by atoms with Crippen molar-refractivity contribution in [2.75, 3.05) is 0 Å². The molecule has 4 aromatic rings. The van der Waals surface area contributed by atoms with E-state index in [1.165, 1.54) is 0 Å². The Bertz CT molecular complexity index is 1120. The fourth-order valence-corrected chi connectivity index (χ4v) is 3.92. The summed E-state index contributed by atoms with van der Waals surface area (Å²) in [7, 11) is 0. The summed E-state index contributed by atoms with van der Waals surface area (Å²) in [5.74, 6) is 0. The number of halogens is 4. The molecule has 1 heterocycles. The van der Waals surface area contributed by atoms with Gasteiger partial charge in [0.1, 0.15) is 0 Å². The van der Waals surface area contributed by atoms with E-state index in [-0.39, 0.29) is 12.4 Å². The van der Waals surface area contributed by atoms with E-state index in [1.54, 1.807) is 6.07 Å². The Kier molecular flexibility index (Phi) is 5.98. The standard InChI is InChI=1S/C22H14Cl3N.ClH/c1-13-21(14-5-3-2-4-6-14)18-11-15(23)8-10-20(18)26-22(13)17-9-7-16(24)12-19(17)25;/h2-12H,1H3;1H. The molecule has 0 aliphatic heterocycles. The zero-order chi connectivity index (χ0) is 18.3. The largest absolute Gasteiger partial charge is 0.247 e. The fraction of sp³-hybridized carbons (Fsp3) is 0.0455. The highest BCUT2D eigenvalue weighted by atomic mass is 35.5. The van der Waals surface area contributed by atoms with Gasteiger partial charge < -0.3 is 0 Å². The van der Waals surface area contributed by atoms with E-state index in [9.17, 15) is 0 Å². The van der Waals surface area contributed by atoms with Crippen molar-refractivity contribution in [2.45, 2.75) is 6.92 Å². The maximum atomic E-state index is 6.47. The van der Waals surface area contributed by atoms with Crippen LogP contribution >= 0.6 is 47.2 Å². The molecule has 1 aromatic heterocycles. The third kappa shape index (κ3) is 3.79. The number of fused-ring (bicyclic) bond motifs is 1. The summed E-state index contributed by atoms with van der Waals surface area (Å²) in [5.41, 5.74) is 5.86. The predicted molar refractivity (Wildman–Crippen MR) is 120 cm³/mol. The van der Waals surface area contributed by atoms with Crippen molar-refractivity contribution in [1.82, 2.24) is 4.98 Å². The van der Waals surface area contributed by atoms with Crippen molar-refractivity contribution in [1.29, 1.82) is 0 Å². The Hall–Kier alpha value is -1.77. The average molecular weight is 435 g/mol. The zero-order valence-corrected chi connectivity index (χ0v) is 17.4. The van der Waals surface area contributed by atoms with Crippen LogP contribution in [0.3, 0.4) is 0 Å². The van der Waals surface area contributed by atoms with Gasteiger partial charge in [-0.05, 0) is 60.0 Å². The van der Waals surface area contributed by atoms with E-state index in [4.69, 9.17) is 39.8 Å². The van der Waals surface area contributed by atoms with Crippen LogP contribution in [0.15, 0.2) is 66.7 Å². The Morgan fingerprint density at radius 3 is 2.15 bits per heavy atom. The number of pyridine rings is 1. The van der Waals surface area contributed by atoms with Crippen molar-refractivity contribution in [3.63, 3.8) is 0 Å². The second-order valence-corrected chi connectivity index (χ2v) is 7.39. The van der Waals surface area contributed by atoms with Crippen LogP contribution in [-0.4, -0.2) is 4.98 Å². The molecule has 5 heteroatoms. The molecule has 0 saturated heterocycles. The molecule has 0 N–H and O–H groups in total. The minimum absolute atomic E-state index is 0. The van der Waals surface area contributed by atoms with Crippen molar-refractivity contribution >= 4 is 58.1 Å². The van der Waals surface area contributed by atoms with Crippen molar-refractivity contribution < 1.29 is 0 Å². The van der Waals surface area contributed by atoms with E-state index in [0.29, 0.717) is 15.1 Å². The van der Waals surface area contributed by atoms with Crippen LogP contribution in [-0.2, 0) is 0 Å². The Balaban J connectivity index is 0.00000210. The first kappa shape index (κ1) is 20.0. The summed E-state index contributed by atoms with van der Waals surface area (Å²) in [6.45, 7) is 2.07. The highest BCUT2D eigenvalue weighted by Crippen LogP contribution is 2.39. The number of hydrogen-bond acceptors (Lipinski definition) is 1. The van der Waals surface area contributed by atoms with E-state index in [1.807, 2.05) is 48.5 Å². The van der Waals surface area contributed by atoms with Gasteiger partial charge in [0.15, 0.2) is 0 Å². The number of benzene rings is 3. The van der Waals surface area contributed by atoms with Gasteiger partial charge in [0, 0.05) is 21.0 Å². The summed E-state index contributed by atoms with van der Waals surface area (Å²) in [5, 5.41) is 2.90. The van der Waals surface area contributed by atoms with Crippen LogP contribution < -0.4 is 0 Å². The molecule has 0 spiro atoms. The summed E-state index contributed by atoms with van der Waals surface area (Å²) in [6, 6.07) is 21.5. The highest BCUT2D eigenvalue weighted by molar-refractivity contribution is 6.36. The van der Waals surface area contributed by atoms with Crippen LogP contribution in [0.2, 0.25) is 15.1 Å². The van der Waals surface area contributed by atoms with Crippen LogP contribution in [0.25, 0.3) is 33.3 Å². The second kappa shape index (κ2) is 8.08. The molecule has 0 amide bonds. The van der Waals surface area contributed by atoms with E-state index in [2.05, 4.69) is 19.1 Å². The minimum Gasteiger partial charge on any atom is -0.247 e. The fourth-order valence-electron chi connectivity index (χ4n) is 3.25. The van der Waals surface area contributed by atoms with E-state index in [0.717, 1.165) is 38.9 Å². The molecule has 0 atom stereocenters. The molecule has 0 aliphatic rings. The molecule has 0 saturated carbocycles. The number of hydrogen-bond donors (Lipinski definition) is 0. The molecule has 1 nitrogen and oxygen atoms in total. The summed E-state index contributed by atoms with van der Waals surface area (Å²) in [6.07, 6.45) is 0. The first-order valence-corrected chi connectivity index (χ1v) is 9.28. The van der Waals surface area contributed by atoms with Crippen LogP contribution in [0.1, 0.15) is 5.56 Å². The number of rotatable bonds is 2. The minimum atomic E-state index is 0. The van der Waals surface area contributed by atoms with Gasteiger partial charge in [-0.2, -0.15) is 0 Å². The first-order valence-electron chi connectivity index (χ1n) is 8.15. The molecule has 0 aliphatic carbocycles. The third-order valence-corrected chi connectivity index (χ3v) is 5.22. The summed E-state index contributed by atoms with van der Waals surface area (Å²) in [4.78, 5) is 4.88. The van der Waals surface area contributed by atoms with Crippen LogP contribution in [0.5, 0.6) is 0 Å². The number of nitrogens with zero attached hydrogens (tertiary/aromatic N) is 1. The highest BCUT2D eigenvalue weighted by Gasteiger charge is 2.17. The van der Waals surface area contributed by atoms with Gasteiger partial charge in [-0.3, -0.25) is 0 Å². The molecule has 4 rings (SSSR count).